The van der Waals surface area contributed by atoms with E-state index in [0.717, 1.165) is 17.7 Å². The van der Waals surface area contributed by atoms with Gasteiger partial charge in [-0.15, -0.1) is 0 Å². The number of methoxy groups -OCH3 is 1. The zero-order valence-electron chi connectivity index (χ0n) is 11.5. The summed E-state index contributed by atoms with van der Waals surface area (Å²) in [4.78, 5) is 11.8. The van der Waals surface area contributed by atoms with Gasteiger partial charge in [0, 0.05) is 6.54 Å². The first-order valence-electron chi connectivity index (χ1n) is 6.42. The first kappa shape index (κ1) is 15.1. The number of benzene rings is 2. The highest BCUT2D eigenvalue weighted by molar-refractivity contribution is 5.77. The summed E-state index contributed by atoms with van der Waals surface area (Å²) in [7, 11) is 1.30. The lowest BCUT2D eigenvalue weighted by Crippen LogP contribution is -2.29. The molecule has 0 spiro atoms. The smallest absolute Gasteiger partial charge is 0.327 e. The number of ether oxygens (including phenoxy) is 1. The van der Waals surface area contributed by atoms with Gasteiger partial charge in [-0.2, -0.15) is 0 Å². The molecule has 0 heterocycles. The van der Waals surface area contributed by atoms with E-state index in [9.17, 15) is 13.6 Å². The maximum Gasteiger partial charge on any atom is 0.327 e. The van der Waals surface area contributed by atoms with Gasteiger partial charge in [0.1, 0.15) is 6.04 Å². The van der Waals surface area contributed by atoms with E-state index >= 15 is 0 Å². The van der Waals surface area contributed by atoms with Crippen molar-refractivity contribution in [3.63, 3.8) is 0 Å². The molecule has 0 fully saturated rings. The molecule has 0 aliphatic carbocycles. The van der Waals surface area contributed by atoms with Crippen molar-refractivity contribution in [3.8, 4) is 0 Å². The molecule has 0 radical (unpaired) electrons. The molecular formula is C16H15F2NO2. The van der Waals surface area contributed by atoms with Gasteiger partial charge in [-0.1, -0.05) is 36.4 Å². The molecular weight excluding hydrogens is 276 g/mol. The van der Waals surface area contributed by atoms with Crippen LogP contribution < -0.4 is 5.32 Å². The first-order chi connectivity index (χ1) is 10.1. The molecule has 1 atom stereocenters. The fourth-order valence-corrected chi connectivity index (χ4v) is 1.97. The standard InChI is InChI=1S/C16H15F2NO2/c1-21-16(20)15(12-5-3-2-4-6-12)19-10-11-7-8-13(17)14(18)9-11/h2-9,15,19H,10H2,1H3. The summed E-state index contributed by atoms with van der Waals surface area (Å²) in [5.41, 5.74) is 1.28. The second-order valence-electron chi connectivity index (χ2n) is 4.50. The molecule has 0 saturated heterocycles. The quantitative estimate of drug-likeness (QED) is 0.861. The second kappa shape index (κ2) is 6.95. The van der Waals surface area contributed by atoms with Gasteiger partial charge >= 0.3 is 5.97 Å². The van der Waals surface area contributed by atoms with Crippen LogP contribution in [0.2, 0.25) is 0 Å². The Hall–Kier alpha value is -2.27. The van der Waals surface area contributed by atoms with Crippen LogP contribution in [0.15, 0.2) is 48.5 Å². The third-order valence-corrected chi connectivity index (χ3v) is 3.06. The molecule has 0 bridgehead atoms. The molecule has 1 N–H and O–H groups in total. The fraction of sp³-hybridized carbons (Fsp3) is 0.188. The normalized spacial score (nSPS) is 12.0. The lowest BCUT2D eigenvalue weighted by Gasteiger charge is -2.17. The Balaban J connectivity index is 2.12. The van der Waals surface area contributed by atoms with E-state index in [2.05, 4.69) is 5.32 Å². The maximum atomic E-state index is 13.2. The average Bonchev–Trinajstić information content (AvgIpc) is 2.51. The molecule has 0 saturated carbocycles. The Labute approximate surface area is 121 Å². The van der Waals surface area contributed by atoms with E-state index < -0.39 is 23.6 Å². The van der Waals surface area contributed by atoms with E-state index in [1.165, 1.54) is 13.2 Å². The number of halogens is 2. The summed E-state index contributed by atoms with van der Waals surface area (Å²) in [5.74, 6) is -2.25. The van der Waals surface area contributed by atoms with Crippen molar-refractivity contribution in [2.75, 3.05) is 7.11 Å². The average molecular weight is 291 g/mol. The highest BCUT2D eigenvalue weighted by Gasteiger charge is 2.20. The SMILES string of the molecule is COC(=O)C(NCc1ccc(F)c(F)c1)c1ccccc1. The Morgan fingerprint density at radius 1 is 1.14 bits per heavy atom. The lowest BCUT2D eigenvalue weighted by molar-refractivity contribution is -0.143. The molecule has 110 valence electrons. The fourth-order valence-electron chi connectivity index (χ4n) is 1.97. The molecule has 0 amide bonds. The van der Waals surface area contributed by atoms with Crippen LogP contribution in [0.5, 0.6) is 0 Å². The summed E-state index contributed by atoms with van der Waals surface area (Å²) < 4.78 is 30.8. The highest BCUT2D eigenvalue weighted by atomic mass is 19.2. The summed E-state index contributed by atoms with van der Waals surface area (Å²) in [6, 6.07) is 12.0. The minimum Gasteiger partial charge on any atom is -0.468 e. The largest absolute Gasteiger partial charge is 0.468 e. The minimum atomic E-state index is -0.913. The number of rotatable bonds is 5. The number of carbonyl (C=O) groups is 1. The first-order valence-corrected chi connectivity index (χ1v) is 6.42. The number of esters is 1. The van der Waals surface area contributed by atoms with Gasteiger partial charge < -0.3 is 4.74 Å². The summed E-state index contributed by atoms with van der Waals surface area (Å²) >= 11 is 0. The number of carbonyl (C=O) groups excluding carboxylic acids is 1. The van der Waals surface area contributed by atoms with Crippen LogP contribution >= 0.6 is 0 Å². The van der Waals surface area contributed by atoms with Crippen LogP contribution in [-0.4, -0.2) is 13.1 Å². The molecule has 2 aromatic rings. The number of nitrogens with one attached hydrogen (secondary N) is 1. The molecule has 0 aromatic heterocycles. The van der Waals surface area contributed by atoms with Gasteiger partial charge in [-0.05, 0) is 23.3 Å². The Morgan fingerprint density at radius 2 is 1.86 bits per heavy atom. The monoisotopic (exact) mass is 291 g/mol. The van der Waals surface area contributed by atoms with Crippen LogP contribution in [0, 0.1) is 11.6 Å². The molecule has 1 unspecified atom stereocenters. The predicted octanol–water partition coefficient (Wildman–Crippen LogP) is 2.97. The van der Waals surface area contributed by atoms with E-state index in [0.29, 0.717) is 5.56 Å². The number of hydrogen-bond donors (Lipinski definition) is 1. The zero-order valence-corrected chi connectivity index (χ0v) is 11.5. The van der Waals surface area contributed by atoms with Crippen LogP contribution in [0.4, 0.5) is 8.78 Å². The topological polar surface area (TPSA) is 38.3 Å². The Kier molecular flexibility index (Phi) is 5.00. The van der Waals surface area contributed by atoms with Gasteiger partial charge in [0.25, 0.3) is 0 Å². The van der Waals surface area contributed by atoms with E-state index in [-0.39, 0.29) is 6.54 Å². The van der Waals surface area contributed by atoms with Crippen molar-refractivity contribution < 1.29 is 18.3 Å². The molecule has 2 rings (SSSR count). The summed E-state index contributed by atoms with van der Waals surface area (Å²) in [6.45, 7) is 0.214. The molecule has 21 heavy (non-hydrogen) atoms. The minimum absolute atomic E-state index is 0.214. The van der Waals surface area contributed by atoms with Gasteiger partial charge in [0.2, 0.25) is 0 Å². The van der Waals surface area contributed by atoms with Crippen LogP contribution in [-0.2, 0) is 16.1 Å². The van der Waals surface area contributed by atoms with Gasteiger partial charge in [0.15, 0.2) is 11.6 Å². The maximum absolute atomic E-state index is 13.2. The lowest BCUT2D eigenvalue weighted by atomic mass is 10.1. The van der Waals surface area contributed by atoms with Crippen molar-refractivity contribution in [1.82, 2.24) is 5.32 Å². The highest BCUT2D eigenvalue weighted by Crippen LogP contribution is 2.16. The van der Waals surface area contributed by atoms with E-state index in [4.69, 9.17) is 4.74 Å². The molecule has 0 aliphatic rings. The summed E-state index contributed by atoms with van der Waals surface area (Å²) in [6.07, 6.45) is 0. The Morgan fingerprint density at radius 3 is 2.48 bits per heavy atom. The molecule has 5 heteroatoms. The predicted molar refractivity (Wildman–Crippen MR) is 74.4 cm³/mol. The molecule has 2 aromatic carbocycles. The van der Waals surface area contributed by atoms with Gasteiger partial charge in [-0.3, -0.25) is 5.32 Å². The van der Waals surface area contributed by atoms with Crippen LogP contribution in [0.25, 0.3) is 0 Å². The third kappa shape index (κ3) is 3.86. The van der Waals surface area contributed by atoms with Crippen LogP contribution in [0.3, 0.4) is 0 Å². The van der Waals surface area contributed by atoms with Crippen molar-refractivity contribution >= 4 is 5.97 Å². The molecule has 0 aliphatic heterocycles. The van der Waals surface area contributed by atoms with Crippen molar-refractivity contribution in [1.29, 1.82) is 0 Å². The van der Waals surface area contributed by atoms with E-state index in [1.807, 2.05) is 18.2 Å². The third-order valence-electron chi connectivity index (χ3n) is 3.06. The molecule has 3 nitrogen and oxygen atoms in total. The van der Waals surface area contributed by atoms with Crippen molar-refractivity contribution in [2.45, 2.75) is 12.6 Å². The Bertz CT molecular complexity index is 617. The zero-order chi connectivity index (χ0) is 15.2. The van der Waals surface area contributed by atoms with Crippen molar-refractivity contribution in [3.05, 3.63) is 71.3 Å². The van der Waals surface area contributed by atoms with Gasteiger partial charge in [-0.25, -0.2) is 13.6 Å². The second-order valence-corrected chi connectivity index (χ2v) is 4.50. The van der Waals surface area contributed by atoms with E-state index in [1.54, 1.807) is 12.1 Å². The van der Waals surface area contributed by atoms with Crippen LogP contribution in [0.1, 0.15) is 17.2 Å². The number of hydrogen-bond acceptors (Lipinski definition) is 3. The summed E-state index contributed by atoms with van der Waals surface area (Å²) in [5, 5.41) is 2.99. The van der Waals surface area contributed by atoms with Crippen molar-refractivity contribution in [2.24, 2.45) is 0 Å². The van der Waals surface area contributed by atoms with Gasteiger partial charge in [0.05, 0.1) is 7.11 Å².